The Labute approximate surface area is 157 Å². The second-order valence-electron chi connectivity index (χ2n) is 7.81. The van der Waals surface area contributed by atoms with Gasteiger partial charge in [0, 0.05) is 35.5 Å². The van der Waals surface area contributed by atoms with E-state index < -0.39 is 4.92 Å². The van der Waals surface area contributed by atoms with E-state index in [-0.39, 0.29) is 16.9 Å². The number of hydrogen-bond donors (Lipinski definition) is 0. The normalized spacial score (nSPS) is 15.4. The van der Waals surface area contributed by atoms with Crippen LogP contribution in [0.5, 0.6) is 0 Å². The van der Waals surface area contributed by atoms with Gasteiger partial charge in [0.25, 0.3) is 5.69 Å². The first-order chi connectivity index (χ1) is 12.9. The van der Waals surface area contributed by atoms with E-state index >= 15 is 0 Å². The molecular formula is C22H20N2O3. The van der Waals surface area contributed by atoms with Gasteiger partial charge in [-0.15, -0.1) is 0 Å². The maximum atomic E-state index is 12.8. The van der Waals surface area contributed by atoms with E-state index in [1.54, 1.807) is 12.1 Å². The number of non-ortho nitro benzene ring substituents is 1. The summed E-state index contributed by atoms with van der Waals surface area (Å²) in [5.74, 6) is 0.152. The van der Waals surface area contributed by atoms with E-state index in [0.29, 0.717) is 6.42 Å². The fraction of sp³-hybridized carbons (Fsp3) is 0.227. The number of nitro benzene ring substituents is 1. The smallest absolute Gasteiger partial charge is 0.269 e. The number of carbonyl (C=O) groups is 1. The monoisotopic (exact) mass is 360 g/mol. The molecule has 0 amide bonds. The number of rotatable bonds is 3. The molecule has 0 aliphatic heterocycles. The van der Waals surface area contributed by atoms with Crippen molar-refractivity contribution in [3.63, 3.8) is 0 Å². The quantitative estimate of drug-likeness (QED) is 0.476. The number of ketones is 1. The van der Waals surface area contributed by atoms with Gasteiger partial charge >= 0.3 is 0 Å². The third kappa shape index (κ3) is 3.05. The fourth-order valence-electron chi connectivity index (χ4n) is 3.85. The van der Waals surface area contributed by atoms with Crippen molar-refractivity contribution in [2.45, 2.75) is 26.7 Å². The van der Waals surface area contributed by atoms with Crippen LogP contribution in [0, 0.1) is 15.5 Å². The Morgan fingerprint density at radius 1 is 1.00 bits per heavy atom. The predicted molar refractivity (Wildman–Crippen MR) is 104 cm³/mol. The van der Waals surface area contributed by atoms with Crippen LogP contribution >= 0.6 is 0 Å². The van der Waals surface area contributed by atoms with E-state index in [2.05, 4.69) is 18.4 Å². The highest BCUT2D eigenvalue weighted by molar-refractivity contribution is 6.00. The molecule has 0 saturated heterocycles. The van der Waals surface area contributed by atoms with Crippen LogP contribution < -0.4 is 0 Å². The maximum absolute atomic E-state index is 12.8. The molecule has 2 aromatic carbocycles. The van der Waals surface area contributed by atoms with Gasteiger partial charge in [0.05, 0.1) is 10.6 Å². The van der Waals surface area contributed by atoms with Gasteiger partial charge in [0.2, 0.25) is 0 Å². The molecule has 0 unspecified atom stereocenters. The molecule has 136 valence electrons. The van der Waals surface area contributed by atoms with Gasteiger partial charge in [-0.3, -0.25) is 14.9 Å². The van der Waals surface area contributed by atoms with Crippen LogP contribution in [0.15, 0.2) is 60.7 Å². The number of carbonyl (C=O) groups excluding carboxylic acids is 1. The summed E-state index contributed by atoms with van der Waals surface area (Å²) < 4.78 is 2.12. The van der Waals surface area contributed by atoms with E-state index in [1.807, 2.05) is 36.4 Å². The second kappa shape index (κ2) is 6.20. The predicted octanol–water partition coefficient (Wildman–Crippen LogP) is 5.21. The minimum Gasteiger partial charge on any atom is -0.313 e. The molecule has 27 heavy (non-hydrogen) atoms. The zero-order chi connectivity index (χ0) is 19.2. The first kappa shape index (κ1) is 17.2. The first-order valence-corrected chi connectivity index (χ1v) is 8.94. The average molecular weight is 360 g/mol. The molecule has 0 atom stereocenters. The maximum Gasteiger partial charge on any atom is 0.269 e. The summed E-state index contributed by atoms with van der Waals surface area (Å²) in [5, 5.41) is 11.0. The van der Waals surface area contributed by atoms with E-state index in [9.17, 15) is 14.9 Å². The Hall–Kier alpha value is -3.21. The van der Waals surface area contributed by atoms with Crippen molar-refractivity contribution >= 4 is 11.5 Å². The molecule has 1 aliphatic rings. The van der Waals surface area contributed by atoms with Crippen molar-refractivity contribution in [2.24, 2.45) is 5.41 Å². The average Bonchev–Trinajstić information content (AvgIpc) is 3.01. The lowest BCUT2D eigenvalue weighted by molar-refractivity contribution is -0.384. The number of aromatic nitrogens is 1. The molecule has 0 N–H and O–H groups in total. The highest BCUT2D eigenvalue weighted by atomic mass is 16.6. The molecule has 3 aromatic rings. The van der Waals surface area contributed by atoms with Gasteiger partial charge in [-0.25, -0.2) is 0 Å². The molecule has 5 heteroatoms. The van der Waals surface area contributed by atoms with Crippen molar-refractivity contribution in [3.8, 4) is 16.9 Å². The second-order valence-corrected chi connectivity index (χ2v) is 7.81. The van der Waals surface area contributed by atoms with Gasteiger partial charge in [-0.2, -0.15) is 0 Å². The summed E-state index contributed by atoms with van der Waals surface area (Å²) in [5.41, 5.74) is 4.44. The summed E-state index contributed by atoms with van der Waals surface area (Å²) in [7, 11) is 0. The van der Waals surface area contributed by atoms with Crippen LogP contribution in [-0.2, 0) is 6.42 Å². The lowest BCUT2D eigenvalue weighted by Crippen LogP contribution is -2.27. The van der Waals surface area contributed by atoms with Crippen LogP contribution in [-0.4, -0.2) is 15.3 Å². The minimum atomic E-state index is -0.406. The molecule has 0 radical (unpaired) electrons. The van der Waals surface area contributed by atoms with E-state index in [0.717, 1.165) is 34.6 Å². The molecule has 1 aliphatic carbocycles. The lowest BCUT2D eigenvalue weighted by Gasteiger charge is -2.30. The molecule has 0 bridgehead atoms. The molecule has 1 heterocycles. The number of fused-ring (bicyclic) bond motifs is 1. The molecule has 5 nitrogen and oxygen atoms in total. The molecular weight excluding hydrogens is 340 g/mol. The molecule has 0 saturated carbocycles. The molecule has 0 spiro atoms. The van der Waals surface area contributed by atoms with Crippen molar-refractivity contribution < 1.29 is 9.72 Å². The largest absolute Gasteiger partial charge is 0.313 e. The first-order valence-electron chi connectivity index (χ1n) is 8.94. The summed E-state index contributed by atoms with van der Waals surface area (Å²) in [6, 6.07) is 18.4. The van der Waals surface area contributed by atoms with Crippen LogP contribution in [0.25, 0.3) is 16.9 Å². The van der Waals surface area contributed by atoms with Crippen molar-refractivity contribution in [1.82, 2.24) is 4.57 Å². The zero-order valence-electron chi connectivity index (χ0n) is 15.3. The Bertz CT molecular complexity index is 1030. The van der Waals surface area contributed by atoms with Gasteiger partial charge in [0.15, 0.2) is 5.78 Å². The van der Waals surface area contributed by atoms with Gasteiger partial charge in [-0.05, 0) is 47.7 Å². The van der Waals surface area contributed by atoms with E-state index in [4.69, 9.17) is 0 Å². The highest BCUT2D eigenvalue weighted by Crippen LogP contribution is 2.40. The SMILES string of the molecule is CC1(C)CC(=O)c2cc(-c3ccc([N+](=O)[O-])cc3)n(-c3ccccc3)c2C1. The number of Topliss-reactive ketones (excluding diaryl/α,β-unsaturated/α-hetero) is 1. The van der Waals surface area contributed by atoms with Crippen LogP contribution in [0.1, 0.15) is 36.3 Å². The Balaban J connectivity index is 1.94. The van der Waals surface area contributed by atoms with Gasteiger partial charge in [0.1, 0.15) is 0 Å². The third-order valence-electron chi connectivity index (χ3n) is 5.08. The zero-order valence-corrected chi connectivity index (χ0v) is 15.3. The van der Waals surface area contributed by atoms with Gasteiger partial charge < -0.3 is 4.57 Å². The van der Waals surface area contributed by atoms with Crippen molar-refractivity contribution in [3.05, 3.63) is 82.0 Å². The number of para-hydroxylation sites is 1. The Kier molecular flexibility index (Phi) is 3.95. The summed E-state index contributed by atoms with van der Waals surface area (Å²) in [6.07, 6.45) is 1.33. The van der Waals surface area contributed by atoms with Gasteiger partial charge in [-0.1, -0.05) is 32.0 Å². The van der Waals surface area contributed by atoms with Crippen molar-refractivity contribution in [2.75, 3.05) is 0 Å². The number of hydrogen-bond acceptors (Lipinski definition) is 3. The third-order valence-corrected chi connectivity index (χ3v) is 5.08. The summed E-state index contributed by atoms with van der Waals surface area (Å²) in [4.78, 5) is 23.3. The van der Waals surface area contributed by atoms with Crippen LogP contribution in [0.3, 0.4) is 0 Å². The summed E-state index contributed by atoms with van der Waals surface area (Å²) >= 11 is 0. The minimum absolute atomic E-state index is 0.0542. The number of nitro groups is 1. The standard InChI is InChI=1S/C22H20N2O3/c1-22(2)13-20-18(21(25)14-22)12-19(23(20)16-6-4-3-5-7-16)15-8-10-17(11-9-15)24(26)27/h3-12H,13-14H2,1-2H3. The van der Waals surface area contributed by atoms with Crippen molar-refractivity contribution in [1.29, 1.82) is 0 Å². The van der Waals surface area contributed by atoms with E-state index in [1.165, 1.54) is 12.1 Å². The summed E-state index contributed by atoms with van der Waals surface area (Å²) in [6.45, 7) is 4.23. The Morgan fingerprint density at radius 2 is 1.67 bits per heavy atom. The molecule has 4 rings (SSSR count). The number of nitrogens with zero attached hydrogens (tertiary/aromatic N) is 2. The topological polar surface area (TPSA) is 65.1 Å². The van der Waals surface area contributed by atoms with Crippen LogP contribution in [0.4, 0.5) is 5.69 Å². The molecule has 0 fully saturated rings. The fourth-order valence-corrected chi connectivity index (χ4v) is 3.85. The highest BCUT2D eigenvalue weighted by Gasteiger charge is 2.35. The number of benzene rings is 2. The van der Waals surface area contributed by atoms with Crippen LogP contribution in [0.2, 0.25) is 0 Å². The Morgan fingerprint density at radius 3 is 2.30 bits per heavy atom. The molecule has 1 aromatic heterocycles. The lowest BCUT2D eigenvalue weighted by atomic mass is 9.76.